The first-order chi connectivity index (χ1) is 7.94. The lowest BCUT2D eigenvalue weighted by Gasteiger charge is -2.10. The van der Waals surface area contributed by atoms with Gasteiger partial charge in [-0.15, -0.1) is 0 Å². The van der Waals surface area contributed by atoms with Crippen molar-refractivity contribution in [3.8, 4) is 0 Å². The Hall–Kier alpha value is -0.390. The zero-order valence-electron chi connectivity index (χ0n) is 9.77. The average molecular weight is 321 g/mol. The summed E-state index contributed by atoms with van der Waals surface area (Å²) in [6.07, 6.45) is 0.379. The Balaban J connectivity index is 2.45. The molecule has 5 heteroatoms. The van der Waals surface area contributed by atoms with E-state index in [1.165, 1.54) is 0 Å². The maximum Gasteiger partial charge on any atom is 0.150 e. The van der Waals surface area contributed by atoms with Crippen molar-refractivity contribution >= 4 is 25.8 Å². The van der Waals surface area contributed by atoms with Gasteiger partial charge in [0.15, 0.2) is 0 Å². The standard InChI is InChI=1S/C12H17BrO3S/c1-2-17(15,16)9-3-4-12(14)10-5-7-11(13)8-6-10/h5-8,12,14H,2-4,9H2,1H3. The van der Waals surface area contributed by atoms with E-state index in [-0.39, 0.29) is 11.5 Å². The van der Waals surface area contributed by atoms with Crippen LogP contribution in [-0.4, -0.2) is 25.0 Å². The van der Waals surface area contributed by atoms with Gasteiger partial charge >= 0.3 is 0 Å². The van der Waals surface area contributed by atoms with Crippen molar-refractivity contribution in [2.24, 2.45) is 0 Å². The minimum atomic E-state index is -2.92. The predicted molar refractivity (Wildman–Crippen MR) is 72.7 cm³/mol. The average Bonchev–Trinajstić information content (AvgIpc) is 2.29. The largest absolute Gasteiger partial charge is 0.388 e. The van der Waals surface area contributed by atoms with Crippen LogP contribution in [0.3, 0.4) is 0 Å². The maximum atomic E-state index is 11.3. The third-order valence-corrected chi connectivity index (χ3v) is 4.95. The highest BCUT2D eigenvalue weighted by Crippen LogP contribution is 2.20. The van der Waals surface area contributed by atoms with Gasteiger partial charge in [0, 0.05) is 10.2 Å². The highest BCUT2D eigenvalue weighted by Gasteiger charge is 2.11. The molecule has 96 valence electrons. The molecule has 0 heterocycles. The fourth-order valence-electron chi connectivity index (χ4n) is 1.49. The Morgan fingerprint density at radius 3 is 2.41 bits per heavy atom. The summed E-state index contributed by atoms with van der Waals surface area (Å²) in [5.74, 6) is 0.318. The molecule has 0 saturated heterocycles. The number of aliphatic hydroxyl groups is 1. The summed E-state index contributed by atoms with van der Waals surface area (Å²) in [4.78, 5) is 0. The molecular formula is C12H17BrO3S. The van der Waals surface area contributed by atoms with E-state index in [2.05, 4.69) is 15.9 Å². The fourth-order valence-corrected chi connectivity index (χ4v) is 2.65. The summed E-state index contributed by atoms with van der Waals surface area (Å²) < 4.78 is 23.5. The van der Waals surface area contributed by atoms with Gasteiger partial charge < -0.3 is 5.11 Å². The molecule has 3 nitrogen and oxygen atoms in total. The SMILES string of the molecule is CCS(=O)(=O)CCCC(O)c1ccc(Br)cc1. The third kappa shape index (κ3) is 5.19. The second-order valence-electron chi connectivity index (χ2n) is 3.95. The molecule has 0 fully saturated rings. The van der Waals surface area contributed by atoms with Crippen molar-refractivity contribution in [2.45, 2.75) is 25.9 Å². The molecule has 0 aliphatic rings. The summed E-state index contributed by atoms with van der Waals surface area (Å²) in [5.41, 5.74) is 0.821. The Labute approximate surface area is 111 Å². The first kappa shape index (κ1) is 14.7. The monoisotopic (exact) mass is 320 g/mol. The van der Waals surface area contributed by atoms with Gasteiger partial charge in [0.1, 0.15) is 9.84 Å². The molecule has 1 aromatic rings. The summed E-state index contributed by atoms with van der Waals surface area (Å²) in [6.45, 7) is 1.64. The third-order valence-electron chi connectivity index (χ3n) is 2.63. The molecule has 1 atom stereocenters. The molecule has 0 aliphatic carbocycles. The minimum absolute atomic E-state index is 0.150. The minimum Gasteiger partial charge on any atom is -0.388 e. The van der Waals surface area contributed by atoms with Crippen LogP contribution in [0.15, 0.2) is 28.7 Å². The van der Waals surface area contributed by atoms with Crippen LogP contribution in [-0.2, 0) is 9.84 Å². The molecule has 1 unspecified atom stereocenters. The van der Waals surface area contributed by atoms with Gasteiger partial charge in [-0.3, -0.25) is 0 Å². The number of benzene rings is 1. The highest BCUT2D eigenvalue weighted by atomic mass is 79.9. The van der Waals surface area contributed by atoms with Crippen molar-refractivity contribution in [1.29, 1.82) is 0 Å². The number of halogens is 1. The van der Waals surface area contributed by atoms with Gasteiger partial charge in [0.05, 0.1) is 11.9 Å². The number of sulfone groups is 1. The van der Waals surface area contributed by atoms with Gasteiger partial charge in [-0.1, -0.05) is 35.0 Å². The molecule has 0 radical (unpaired) electrons. The molecule has 0 amide bonds. The van der Waals surface area contributed by atoms with Crippen molar-refractivity contribution in [1.82, 2.24) is 0 Å². The van der Waals surface area contributed by atoms with E-state index in [9.17, 15) is 13.5 Å². The zero-order valence-corrected chi connectivity index (χ0v) is 12.2. The normalized spacial score (nSPS) is 13.6. The van der Waals surface area contributed by atoms with Crippen molar-refractivity contribution in [3.63, 3.8) is 0 Å². The Bertz CT molecular complexity index is 439. The number of hydrogen-bond acceptors (Lipinski definition) is 3. The van der Waals surface area contributed by atoms with Crippen LogP contribution in [0.1, 0.15) is 31.4 Å². The predicted octanol–water partition coefficient (Wildman–Crippen LogP) is 2.70. The molecule has 0 aromatic heterocycles. The van der Waals surface area contributed by atoms with E-state index >= 15 is 0 Å². The number of aliphatic hydroxyl groups excluding tert-OH is 1. The molecule has 0 aliphatic heterocycles. The van der Waals surface area contributed by atoms with E-state index in [0.29, 0.717) is 12.8 Å². The first-order valence-electron chi connectivity index (χ1n) is 5.58. The van der Waals surface area contributed by atoms with Gasteiger partial charge in [0.25, 0.3) is 0 Å². The van der Waals surface area contributed by atoms with Crippen LogP contribution >= 0.6 is 15.9 Å². The van der Waals surface area contributed by atoms with Crippen LogP contribution in [0.5, 0.6) is 0 Å². The first-order valence-corrected chi connectivity index (χ1v) is 8.20. The smallest absolute Gasteiger partial charge is 0.150 e. The van der Waals surface area contributed by atoms with E-state index < -0.39 is 15.9 Å². The van der Waals surface area contributed by atoms with Crippen molar-refractivity contribution in [3.05, 3.63) is 34.3 Å². The van der Waals surface area contributed by atoms with E-state index in [0.717, 1.165) is 10.0 Å². The Kier molecular flexibility index (Phi) is 5.62. The van der Waals surface area contributed by atoms with Crippen LogP contribution in [0.2, 0.25) is 0 Å². The lowest BCUT2D eigenvalue weighted by molar-refractivity contribution is 0.166. The maximum absolute atomic E-state index is 11.3. The molecule has 17 heavy (non-hydrogen) atoms. The molecule has 1 N–H and O–H groups in total. The number of rotatable bonds is 6. The van der Waals surface area contributed by atoms with E-state index in [1.54, 1.807) is 6.92 Å². The van der Waals surface area contributed by atoms with E-state index in [4.69, 9.17) is 0 Å². The van der Waals surface area contributed by atoms with E-state index in [1.807, 2.05) is 24.3 Å². The van der Waals surface area contributed by atoms with Crippen LogP contribution in [0.25, 0.3) is 0 Å². The lowest BCUT2D eigenvalue weighted by atomic mass is 10.1. The molecule has 0 bridgehead atoms. The van der Waals surface area contributed by atoms with Crippen molar-refractivity contribution < 1.29 is 13.5 Å². The van der Waals surface area contributed by atoms with Crippen LogP contribution in [0.4, 0.5) is 0 Å². The molecular weight excluding hydrogens is 304 g/mol. The summed E-state index contributed by atoms with van der Waals surface area (Å²) in [5, 5.41) is 9.87. The number of hydrogen-bond donors (Lipinski definition) is 1. The summed E-state index contributed by atoms with van der Waals surface area (Å²) >= 11 is 3.32. The lowest BCUT2D eigenvalue weighted by Crippen LogP contribution is -2.10. The van der Waals surface area contributed by atoms with Gasteiger partial charge in [-0.2, -0.15) is 0 Å². The second-order valence-corrected chi connectivity index (χ2v) is 7.33. The summed E-state index contributed by atoms with van der Waals surface area (Å²) in [6, 6.07) is 7.40. The van der Waals surface area contributed by atoms with Gasteiger partial charge in [0.2, 0.25) is 0 Å². The van der Waals surface area contributed by atoms with Crippen LogP contribution < -0.4 is 0 Å². The van der Waals surface area contributed by atoms with Gasteiger partial charge in [-0.05, 0) is 30.5 Å². The fraction of sp³-hybridized carbons (Fsp3) is 0.500. The highest BCUT2D eigenvalue weighted by molar-refractivity contribution is 9.10. The quantitative estimate of drug-likeness (QED) is 0.876. The zero-order chi connectivity index (χ0) is 12.9. The Morgan fingerprint density at radius 1 is 1.29 bits per heavy atom. The summed E-state index contributed by atoms with van der Waals surface area (Å²) in [7, 11) is -2.92. The Morgan fingerprint density at radius 2 is 1.88 bits per heavy atom. The van der Waals surface area contributed by atoms with Crippen LogP contribution in [0, 0.1) is 0 Å². The molecule has 0 spiro atoms. The van der Waals surface area contributed by atoms with Crippen molar-refractivity contribution in [2.75, 3.05) is 11.5 Å². The molecule has 0 saturated carbocycles. The topological polar surface area (TPSA) is 54.4 Å². The molecule has 1 aromatic carbocycles. The van der Waals surface area contributed by atoms with Gasteiger partial charge in [-0.25, -0.2) is 8.42 Å². The molecule has 1 rings (SSSR count). The second kappa shape index (κ2) is 6.52.